The molecule has 1 atom stereocenters. The molecule has 0 saturated carbocycles. The molecule has 30 heavy (non-hydrogen) atoms. The van der Waals surface area contributed by atoms with Crippen molar-refractivity contribution in [3.05, 3.63) is 81.4 Å². The van der Waals surface area contributed by atoms with E-state index in [1.807, 2.05) is 44.0 Å². The second-order valence-corrected chi connectivity index (χ2v) is 8.16. The second kappa shape index (κ2) is 8.58. The monoisotopic (exact) mass is 424 g/mol. The van der Waals surface area contributed by atoms with E-state index in [-0.39, 0.29) is 12.0 Å². The highest BCUT2D eigenvalue weighted by atomic mass is 35.5. The number of ether oxygens (including phenoxy) is 1. The molecule has 1 aliphatic heterocycles. The van der Waals surface area contributed by atoms with Gasteiger partial charge in [0.1, 0.15) is 6.10 Å². The minimum atomic E-state index is -0.252. The van der Waals surface area contributed by atoms with Crippen molar-refractivity contribution in [2.24, 2.45) is 7.05 Å². The molecule has 1 aromatic carbocycles. The fourth-order valence-corrected chi connectivity index (χ4v) is 4.02. The van der Waals surface area contributed by atoms with Crippen molar-refractivity contribution in [2.75, 3.05) is 19.7 Å². The number of carbonyl (C=O) groups is 1. The number of rotatable bonds is 4. The number of halogens is 1. The molecule has 2 aromatic heterocycles. The molecule has 4 rings (SSSR count). The summed E-state index contributed by atoms with van der Waals surface area (Å²) >= 11 is 6.13. The zero-order valence-corrected chi connectivity index (χ0v) is 18.2. The molecule has 7 heteroatoms. The van der Waals surface area contributed by atoms with E-state index in [0.29, 0.717) is 25.3 Å². The molecule has 1 amide bonds. The lowest BCUT2D eigenvalue weighted by molar-refractivity contribution is -0.0248. The van der Waals surface area contributed by atoms with Gasteiger partial charge in [0, 0.05) is 30.0 Å². The molecule has 3 heterocycles. The summed E-state index contributed by atoms with van der Waals surface area (Å²) in [6.45, 7) is 5.40. The molecule has 3 aromatic rings. The highest BCUT2D eigenvalue weighted by Crippen LogP contribution is 2.25. The van der Waals surface area contributed by atoms with Gasteiger partial charge in [0.05, 0.1) is 30.6 Å². The summed E-state index contributed by atoms with van der Waals surface area (Å²) in [6, 6.07) is 12.0. The molecule has 0 N–H and O–H groups in total. The topological polar surface area (TPSA) is 60.2 Å². The first-order valence-electron chi connectivity index (χ1n) is 10.0. The molecule has 1 saturated heterocycles. The number of aromatic nitrogens is 3. The third kappa shape index (κ3) is 4.40. The number of hydrogen-bond donors (Lipinski definition) is 0. The van der Waals surface area contributed by atoms with Crippen molar-refractivity contribution in [1.29, 1.82) is 0 Å². The molecule has 0 aliphatic carbocycles. The van der Waals surface area contributed by atoms with Crippen LogP contribution in [0.5, 0.6) is 0 Å². The van der Waals surface area contributed by atoms with E-state index in [0.717, 1.165) is 39.7 Å². The standard InChI is InChI=1S/C23H25ClN4O2/c1-15-9-18(10-17-5-4-6-19(24)11-17)12-21(26-15)22-14-28(7-8-30-22)23(29)20-13-25-27(3)16(20)2/h4-6,9,11-13,22H,7-8,10,14H2,1-3H3. The molecule has 6 nitrogen and oxygen atoms in total. The Morgan fingerprint density at radius 1 is 1.23 bits per heavy atom. The Hall–Kier alpha value is -2.70. The van der Waals surface area contributed by atoms with E-state index in [1.165, 1.54) is 0 Å². The van der Waals surface area contributed by atoms with Gasteiger partial charge in [-0.25, -0.2) is 0 Å². The predicted molar refractivity (Wildman–Crippen MR) is 116 cm³/mol. The van der Waals surface area contributed by atoms with Gasteiger partial charge in [-0.15, -0.1) is 0 Å². The zero-order valence-electron chi connectivity index (χ0n) is 17.4. The Labute approximate surface area is 181 Å². The van der Waals surface area contributed by atoms with Gasteiger partial charge in [-0.05, 0) is 55.7 Å². The third-order valence-corrected chi connectivity index (χ3v) is 5.71. The number of morpholine rings is 1. The van der Waals surface area contributed by atoms with E-state index < -0.39 is 0 Å². The summed E-state index contributed by atoms with van der Waals surface area (Å²) in [5.41, 5.74) is 5.58. The Bertz CT molecular complexity index is 1080. The molecule has 0 spiro atoms. The van der Waals surface area contributed by atoms with E-state index >= 15 is 0 Å². The fraction of sp³-hybridized carbons (Fsp3) is 0.348. The van der Waals surface area contributed by atoms with Crippen molar-refractivity contribution in [3.63, 3.8) is 0 Å². The first-order chi connectivity index (χ1) is 14.4. The molecule has 0 radical (unpaired) electrons. The zero-order chi connectivity index (χ0) is 21.3. The van der Waals surface area contributed by atoms with E-state index in [2.05, 4.69) is 23.3 Å². The summed E-state index contributed by atoms with van der Waals surface area (Å²) in [6.07, 6.45) is 2.15. The van der Waals surface area contributed by atoms with Crippen LogP contribution < -0.4 is 0 Å². The lowest BCUT2D eigenvalue weighted by atomic mass is 10.0. The summed E-state index contributed by atoms with van der Waals surface area (Å²) in [5.74, 6) is -0.0132. The molecule has 1 fully saturated rings. The lowest BCUT2D eigenvalue weighted by Gasteiger charge is -2.33. The molecular formula is C23H25ClN4O2. The average molecular weight is 425 g/mol. The SMILES string of the molecule is Cc1cc(Cc2cccc(Cl)c2)cc(C2CN(C(=O)c3cnn(C)c3C)CCO2)n1. The molecule has 0 bridgehead atoms. The largest absolute Gasteiger partial charge is 0.368 e. The number of aryl methyl sites for hydroxylation is 2. The van der Waals surface area contributed by atoms with Crippen LogP contribution in [0.3, 0.4) is 0 Å². The molecule has 1 unspecified atom stereocenters. The van der Waals surface area contributed by atoms with Crippen LogP contribution in [0.15, 0.2) is 42.6 Å². The van der Waals surface area contributed by atoms with Gasteiger partial charge in [-0.2, -0.15) is 5.10 Å². The minimum Gasteiger partial charge on any atom is -0.368 e. The van der Waals surface area contributed by atoms with Crippen molar-refractivity contribution < 1.29 is 9.53 Å². The summed E-state index contributed by atoms with van der Waals surface area (Å²) in [5, 5.41) is 4.93. The summed E-state index contributed by atoms with van der Waals surface area (Å²) in [7, 11) is 1.84. The number of benzene rings is 1. The van der Waals surface area contributed by atoms with Gasteiger partial charge in [0.15, 0.2) is 0 Å². The van der Waals surface area contributed by atoms with Crippen molar-refractivity contribution in [3.8, 4) is 0 Å². The fourth-order valence-electron chi connectivity index (χ4n) is 3.81. The summed E-state index contributed by atoms with van der Waals surface area (Å²) < 4.78 is 7.71. The maximum atomic E-state index is 13.0. The lowest BCUT2D eigenvalue weighted by Crippen LogP contribution is -2.42. The third-order valence-electron chi connectivity index (χ3n) is 5.48. The average Bonchev–Trinajstić information content (AvgIpc) is 3.06. The Balaban J connectivity index is 1.54. The van der Waals surface area contributed by atoms with Gasteiger partial charge in [0.25, 0.3) is 5.91 Å². The first-order valence-corrected chi connectivity index (χ1v) is 10.4. The van der Waals surface area contributed by atoms with Gasteiger partial charge < -0.3 is 9.64 Å². The highest BCUT2D eigenvalue weighted by molar-refractivity contribution is 6.30. The Kier molecular flexibility index (Phi) is 5.88. The van der Waals surface area contributed by atoms with E-state index in [9.17, 15) is 4.79 Å². The van der Waals surface area contributed by atoms with Crippen LogP contribution in [0.4, 0.5) is 0 Å². The van der Waals surface area contributed by atoms with Gasteiger partial charge in [0.2, 0.25) is 0 Å². The molecule has 1 aliphatic rings. The Morgan fingerprint density at radius 3 is 2.80 bits per heavy atom. The summed E-state index contributed by atoms with van der Waals surface area (Å²) in [4.78, 5) is 19.5. The second-order valence-electron chi connectivity index (χ2n) is 7.73. The van der Waals surface area contributed by atoms with E-state index in [1.54, 1.807) is 10.9 Å². The Morgan fingerprint density at radius 2 is 2.07 bits per heavy atom. The van der Waals surface area contributed by atoms with Crippen LogP contribution in [-0.4, -0.2) is 45.3 Å². The normalized spacial score (nSPS) is 16.7. The van der Waals surface area contributed by atoms with E-state index in [4.69, 9.17) is 21.3 Å². The smallest absolute Gasteiger partial charge is 0.257 e. The molecular weight excluding hydrogens is 400 g/mol. The molecule has 156 valence electrons. The maximum absolute atomic E-state index is 13.0. The number of carbonyl (C=O) groups excluding carboxylic acids is 1. The number of amides is 1. The predicted octanol–water partition coefficient (Wildman–Crippen LogP) is 3.89. The maximum Gasteiger partial charge on any atom is 0.257 e. The van der Waals surface area contributed by atoms with Gasteiger partial charge in [-0.3, -0.25) is 14.5 Å². The van der Waals surface area contributed by atoms with Crippen LogP contribution in [-0.2, 0) is 18.2 Å². The first kappa shape index (κ1) is 20.6. The van der Waals surface area contributed by atoms with Crippen LogP contribution in [0, 0.1) is 13.8 Å². The highest BCUT2D eigenvalue weighted by Gasteiger charge is 2.29. The minimum absolute atomic E-state index is 0.0132. The van der Waals surface area contributed by atoms with Crippen LogP contribution >= 0.6 is 11.6 Å². The van der Waals surface area contributed by atoms with Crippen LogP contribution in [0.1, 0.15) is 44.7 Å². The van der Waals surface area contributed by atoms with Crippen molar-refractivity contribution >= 4 is 17.5 Å². The number of hydrogen-bond acceptors (Lipinski definition) is 4. The quantitative estimate of drug-likeness (QED) is 0.637. The number of pyridine rings is 1. The van der Waals surface area contributed by atoms with Crippen molar-refractivity contribution in [1.82, 2.24) is 19.7 Å². The van der Waals surface area contributed by atoms with Gasteiger partial charge in [-0.1, -0.05) is 23.7 Å². The van der Waals surface area contributed by atoms with Gasteiger partial charge >= 0.3 is 0 Å². The van der Waals surface area contributed by atoms with Crippen LogP contribution in [0.25, 0.3) is 0 Å². The van der Waals surface area contributed by atoms with Crippen molar-refractivity contribution in [2.45, 2.75) is 26.4 Å². The number of nitrogens with zero attached hydrogens (tertiary/aromatic N) is 4. The van der Waals surface area contributed by atoms with Crippen LogP contribution in [0.2, 0.25) is 5.02 Å².